The number of carbonyl (C=O) groups is 1. The van der Waals surface area contributed by atoms with Crippen LogP contribution in [-0.2, 0) is 11.3 Å². The molecular formula is C20H33Cl2N3O. The van der Waals surface area contributed by atoms with Gasteiger partial charge in [-0.1, -0.05) is 30.3 Å². The molecule has 0 saturated carbocycles. The van der Waals surface area contributed by atoms with Crippen molar-refractivity contribution >= 4 is 30.7 Å². The number of hydrogen-bond donors (Lipinski definition) is 2. The monoisotopic (exact) mass is 401 g/mol. The first-order valence-electron chi connectivity index (χ1n) is 9.49. The summed E-state index contributed by atoms with van der Waals surface area (Å²) in [5.41, 5.74) is 1.37. The molecule has 0 radical (unpaired) electrons. The van der Waals surface area contributed by atoms with Gasteiger partial charge in [-0.2, -0.15) is 0 Å². The second-order valence-corrected chi connectivity index (χ2v) is 7.49. The zero-order valence-electron chi connectivity index (χ0n) is 15.7. The van der Waals surface area contributed by atoms with Crippen LogP contribution in [0.5, 0.6) is 0 Å². The smallest absolute Gasteiger partial charge is 0.220 e. The first kappa shape index (κ1) is 23.2. The highest BCUT2D eigenvalue weighted by molar-refractivity contribution is 5.85. The Morgan fingerprint density at radius 3 is 2.65 bits per heavy atom. The molecule has 3 atom stereocenters. The Morgan fingerprint density at radius 2 is 2.00 bits per heavy atom. The van der Waals surface area contributed by atoms with E-state index in [9.17, 15) is 4.79 Å². The summed E-state index contributed by atoms with van der Waals surface area (Å²) in [5.74, 6) is 0.943. The van der Waals surface area contributed by atoms with Crippen molar-refractivity contribution in [1.82, 2.24) is 15.5 Å². The van der Waals surface area contributed by atoms with Crippen molar-refractivity contribution in [3.63, 3.8) is 0 Å². The van der Waals surface area contributed by atoms with Gasteiger partial charge in [-0.15, -0.1) is 24.8 Å². The van der Waals surface area contributed by atoms with Crippen LogP contribution in [-0.4, -0.2) is 42.5 Å². The van der Waals surface area contributed by atoms with Crippen molar-refractivity contribution in [3.8, 4) is 0 Å². The van der Waals surface area contributed by atoms with Crippen LogP contribution in [0, 0.1) is 5.92 Å². The van der Waals surface area contributed by atoms with Gasteiger partial charge in [-0.05, 0) is 57.2 Å². The molecule has 2 N–H and O–H groups in total. The van der Waals surface area contributed by atoms with E-state index in [1.807, 2.05) is 0 Å². The lowest BCUT2D eigenvalue weighted by atomic mass is 9.96. The van der Waals surface area contributed by atoms with Crippen molar-refractivity contribution in [2.24, 2.45) is 5.92 Å². The topological polar surface area (TPSA) is 44.4 Å². The standard InChI is InChI=1S/C20H31N3O.2ClH/c1-16-13-19(22-20(24)8-7-17-9-11-21-14-17)10-12-23(16)15-18-5-3-2-4-6-18;;/h2-6,16-17,19,21H,7-15H2,1H3,(H,22,24);2*1H. The van der Waals surface area contributed by atoms with Gasteiger partial charge in [0.15, 0.2) is 0 Å². The molecule has 2 heterocycles. The SMILES string of the molecule is CC1CC(NC(=O)CCC2CCNC2)CCN1Cc1ccccc1.Cl.Cl. The maximum Gasteiger partial charge on any atom is 0.220 e. The number of likely N-dealkylation sites (tertiary alicyclic amines) is 1. The van der Waals surface area contributed by atoms with Crippen molar-refractivity contribution in [3.05, 3.63) is 35.9 Å². The van der Waals surface area contributed by atoms with E-state index in [1.54, 1.807) is 0 Å². The van der Waals surface area contributed by atoms with Gasteiger partial charge in [0.1, 0.15) is 0 Å². The number of nitrogens with one attached hydrogen (secondary N) is 2. The van der Waals surface area contributed by atoms with E-state index in [1.165, 1.54) is 12.0 Å². The largest absolute Gasteiger partial charge is 0.353 e. The van der Waals surface area contributed by atoms with Gasteiger partial charge in [-0.3, -0.25) is 9.69 Å². The fourth-order valence-electron chi connectivity index (χ4n) is 4.00. The van der Waals surface area contributed by atoms with E-state index in [0.717, 1.165) is 45.4 Å². The Balaban J connectivity index is 0.00000169. The molecule has 26 heavy (non-hydrogen) atoms. The molecule has 6 heteroatoms. The molecule has 2 saturated heterocycles. The molecule has 4 nitrogen and oxygen atoms in total. The summed E-state index contributed by atoms with van der Waals surface area (Å²) in [5, 5.41) is 6.64. The van der Waals surface area contributed by atoms with Crippen molar-refractivity contribution in [1.29, 1.82) is 0 Å². The zero-order valence-corrected chi connectivity index (χ0v) is 17.3. The lowest BCUT2D eigenvalue weighted by Crippen LogP contribution is -2.48. The molecular weight excluding hydrogens is 369 g/mol. The molecule has 2 fully saturated rings. The predicted octanol–water partition coefficient (Wildman–Crippen LogP) is 3.39. The summed E-state index contributed by atoms with van der Waals surface area (Å²) in [4.78, 5) is 14.7. The second kappa shape index (κ2) is 11.8. The Labute approximate surface area is 170 Å². The number of amides is 1. The van der Waals surface area contributed by atoms with Crippen LogP contribution >= 0.6 is 24.8 Å². The van der Waals surface area contributed by atoms with E-state index in [-0.39, 0.29) is 30.7 Å². The van der Waals surface area contributed by atoms with Gasteiger partial charge in [0, 0.05) is 31.6 Å². The lowest BCUT2D eigenvalue weighted by molar-refractivity contribution is -0.122. The minimum Gasteiger partial charge on any atom is -0.353 e. The fraction of sp³-hybridized carbons (Fsp3) is 0.650. The molecule has 0 aliphatic carbocycles. The van der Waals surface area contributed by atoms with Gasteiger partial charge >= 0.3 is 0 Å². The van der Waals surface area contributed by atoms with E-state index >= 15 is 0 Å². The molecule has 0 aromatic heterocycles. The highest BCUT2D eigenvalue weighted by Crippen LogP contribution is 2.20. The Kier molecular flexibility index (Phi) is 10.6. The van der Waals surface area contributed by atoms with Gasteiger partial charge in [0.05, 0.1) is 0 Å². The third-order valence-corrected chi connectivity index (χ3v) is 5.55. The van der Waals surface area contributed by atoms with Crippen molar-refractivity contribution in [2.45, 2.75) is 57.7 Å². The first-order valence-corrected chi connectivity index (χ1v) is 9.49. The number of rotatable bonds is 6. The lowest BCUT2D eigenvalue weighted by Gasteiger charge is -2.38. The number of carbonyl (C=O) groups excluding carboxylic acids is 1. The normalized spacial score (nSPS) is 25.8. The molecule has 3 rings (SSSR count). The first-order chi connectivity index (χ1) is 11.7. The van der Waals surface area contributed by atoms with E-state index in [2.05, 4.69) is 52.8 Å². The Hall–Kier alpha value is -0.810. The number of piperidine rings is 1. The van der Waals surface area contributed by atoms with Crippen LogP contribution in [0.25, 0.3) is 0 Å². The van der Waals surface area contributed by atoms with Gasteiger partial charge in [0.2, 0.25) is 5.91 Å². The molecule has 2 aliphatic rings. The summed E-state index contributed by atoms with van der Waals surface area (Å²) in [6.45, 7) is 6.56. The second-order valence-electron chi connectivity index (χ2n) is 7.49. The minimum absolute atomic E-state index is 0. The minimum atomic E-state index is 0. The van der Waals surface area contributed by atoms with Crippen molar-refractivity contribution < 1.29 is 4.79 Å². The average molecular weight is 402 g/mol. The van der Waals surface area contributed by atoms with Crippen LogP contribution in [0.4, 0.5) is 0 Å². The molecule has 148 valence electrons. The zero-order chi connectivity index (χ0) is 16.8. The third kappa shape index (κ3) is 7.07. The molecule has 3 unspecified atom stereocenters. The predicted molar refractivity (Wildman–Crippen MR) is 112 cm³/mol. The van der Waals surface area contributed by atoms with Crippen LogP contribution in [0.1, 0.15) is 44.6 Å². The summed E-state index contributed by atoms with van der Waals surface area (Å²) >= 11 is 0. The Morgan fingerprint density at radius 1 is 1.23 bits per heavy atom. The quantitative estimate of drug-likeness (QED) is 0.767. The summed E-state index contributed by atoms with van der Waals surface area (Å²) < 4.78 is 0. The highest BCUT2D eigenvalue weighted by Gasteiger charge is 2.26. The van der Waals surface area contributed by atoms with E-state index < -0.39 is 0 Å². The summed E-state index contributed by atoms with van der Waals surface area (Å²) in [6.07, 6.45) is 5.06. The molecule has 1 aromatic rings. The van der Waals surface area contributed by atoms with Crippen LogP contribution in [0.3, 0.4) is 0 Å². The third-order valence-electron chi connectivity index (χ3n) is 5.55. The van der Waals surface area contributed by atoms with Crippen LogP contribution in [0.2, 0.25) is 0 Å². The maximum atomic E-state index is 12.2. The molecule has 1 aromatic carbocycles. The molecule has 0 spiro atoms. The number of benzene rings is 1. The fourth-order valence-corrected chi connectivity index (χ4v) is 4.00. The number of nitrogens with zero attached hydrogens (tertiary/aromatic N) is 1. The maximum absolute atomic E-state index is 12.2. The number of hydrogen-bond acceptors (Lipinski definition) is 3. The average Bonchev–Trinajstić information content (AvgIpc) is 3.10. The van der Waals surface area contributed by atoms with E-state index in [4.69, 9.17) is 0 Å². The molecule has 0 bridgehead atoms. The number of halogens is 2. The van der Waals surface area contributed by atoms with Crippen LogP contribution < -0.4 is 10.6 Å². The summed E-state index contributed by atoms with van der Waals surface area (Å²) in [7, 11) is 0. The van der Waals surface area contributed by atoms with Gasteiger partial charge in [-0.25, -0.2) is 0 Å². The van der Waals surface area contributed by atoms with Gasteiger partial charge < -0.3 is 10.6 Å². The molecule has 2 aliphatic heterocycles. The highest BCUT2D eigenvalue weighted by atomic mass is 35.5. The van der Waals surface area contributed by atoms with Crippen molar-refractivity contribution in [2.75, 3.05) is 19.6 Å². The Bertz CT molecular complexity index is 523. The van der Waals surface area contributed by atoms with E-state index in [0.29, 0.717) is 24.4 Å². The molecule has 1 amide bonds. The van der Waals surface area contributed by atoms with Gasteiger partial charge in [0.25, 0.3) is 0 Å². The summed E-state index contributed by atoms with van der Waals surface area (Å²) in [6, 6.07) is 11.5. The van der Waals surface area contributed by atoms with Crippen LogP contribution in [0.15, 0.2) is 30.3 Å².